The Kier molecular flexibility index (Phi) is 7.19. The van der Waals surface area contributed by atoms with Crippen LogP contribution in [0.25, 0.3) is 5.70 Å². The van der Waals surface area contributed by atoms with Gasteiger partial charge in [0.15, 0.2) is 0 Å². The van der Waals surface area contributed by atoms with Crippen molar-refractivity contribution < 1.29 is 13.2 Å². The molecule has 0 heterocycles. The largest absolute Gasteiger partial charge is 0.323 e. The van der Waals surface area contributed by atoms with Crippen LogP contribution in [-0.4, -0.2) is 11.8 Å². The molecule has 2 nitrogen and oxygen atoms in total. The summed E-state index contributed by atoms with van der Waals surface area (Å²) in [5.74, 6) is -1.38. The fraction of sp³-hybridized carbons (Fsp3) is 0.348. The molecule has 0 aromatic heterocycles. The summed E-state index contributed by atoms with van der Waals surface area (Å²) in [4.78, 5) is 4.62. The van der Waals surface area contributed by atoms with Gasteiger partial charge in [0.1, 0.15) is 17.5 Å². The van der Waals surface area contributed by atoms with Gasteiger partial charge in [-0.25, -0.2) is 13.2 Å². The normalized spacial score (nSPS) is 14.3. The maximum absolute atomic E-state index is 14.2. The van der Waals surface area contributed by atoms with E-state index in [0.29, 0.717) is 24.3 Å². The molecule has 1 atom stereocenters. The Labute approximate surface area is 165 Å². The minimum atomic E-state index is -0.549. The Morgan fingerprint density at radius 1 is 1.07 bits per heavy atom. The van der Waals surface area contributed by atoms with Gasteiger partial charge in [-0.2, -0.15) is 0 Å². The summed E-state index contributed by atoms with van der Waals surface area (Å²) >= 11 is 0. The van der Waals surface area contributed by atoms with Crippen LogP contribution in [0.4, 0.5) is 13.2 Å². The van der Waals surface area contributed by atoms with E-state index in [4.69, 9.17) is 5.73 Å². The number of nitrogens with two attached hydrogens (primary N) is 1. The van der Waals surface area contributed by atoms with Crippen molar-refractivity contribution in [3.05, 3.63) is 77.1 Å². The van der Waals surface area contributed by atoms with Gasteiger partial charge in [-0.1, -0.05) is 39.0 Å². The lowest BCUT2D eigenvalue weighted by atomic mass is 9.82. The van der Waals surface area contributed by atoms with Gasteiger partial charge in [-0.15, -0.1) is 0 Å². The minimum absolute atomic E-state index is 0.0897. The molecule has 5 heteroatoms. The molecular formula is C23H27F3N2. The third-order valence-electron chi connectivity index (χ3n) is 4.59. The van der Waals surface area contributed by atoms with Crippen LogP contribution in [0.2, 0.25) is 0 Å². The number of allylic oxidation sites excluding steroid dienone is 1. The van der Waals surface area contributed by atoms with Gasteiger partial charge in [-0.3, -0.25) is 4.99 Å². The van der Waals surface area contributed by atoms with Crippen LogP contribution in [0, 0.1) is 22.9 Å². The Hall–Kier alpha value is -2.40. The van der Waals surface area contributed by atoms with E-state index in [-0.39, 0.29) is 16.8 Å². The lowest BCUT2D eigenvalue weighted by Crippen LogP contribution is -2.42. The van der Waals surface area contributed by atoms with Crippen molar-refractivity contribution in [1.29, 1.82) is 0 Å². The standard InChI is InChI=1S/C23H27F3N2/c1-5-20(18-14-17(25)10-11-19(18)26)28-21(22(27)23(2,3)4)12-9-15-7-6-8-16(24)13-15/h5-8,10-11,13-14,22H,9,12,27H2,1-4H3/b20-5-,28-21?. The van der Waals surface area contributed by atoms with Crippen LogP contribution in [0.3, 0.4) is 0 Å². The fourth-order valence-corrected chi connectivity index (χ4v) is 2.87. The summed E-state index contributed by atoms with van der Waals surface area (Å²) in [6.45, 7) is 7.70. The molecule has 1 unspecified atom stereocenters. The van der Waals surface area contributed by atoms with Crippen molar-refractivity contribution in [3.8, 4) is 0 Å². The van der Waals surface area contributed by atoms with E-state index >= 15 is 0 Å². The highest BCUT2D eigenvalue weighted by atomic mass is 19.1. The molecule has 2 N–H and O–H groups in total. The van der Waals surface area contributed by atoms with E-state index in [0.717, 1.165) is 23.8 Å². The summed E-state index contributed by atoms with van der Waals surface area (Å²) < 4.78 is 41.3. The van der Waals surface area contributed by atoms with E-state index < -0.39 is 17.7 Å². The van der Waals surface area contributed by atoms with Gasteiger partial charge >= 0.3 is 0 Å². The zero-order valence-electron chi connectivity index (χ0n) is 16.8. The number of aliphatic imine (C=N–C) groups is 1. The molecule has 0 saturated heterocycles. The average Bonchev–Trinajstić information content (AvgIpc) is 2.63. The number of hydrogen-bond donors (Lipinski definition) is 1. The number of aryl methyl sites for hydroxylation is 1. The van der Waals surface area contributed by atoms with Gasteiger partial charge in [0.2, 0.25) is 0 Å². The van der Waals surface area contributed by atoms with Crippen LogP contribution in [0.5, 0.6) is 0 Å². The van der Waals surface area contributed by atoms with Crippen molar-refractivity contribution in [2.45, 2.75) is 46.6 Å². The molecule has 2 rings (SSSR count). The third-order valence-corrected chi connectivity index (χ3v) is 4.59. The molecule has 0 aliphatic rings. The number of halogens is 3. The number of hydrogen-bond acceptors (Lipinski definition) is 2. The average molecular weight is 388 g/mol. The molecule has 28 heavy (non-hydrogen) atoms. The smallest absolute Gasteiger partial charge is 0.132 e. The Bertz CT molecular complexity index is 880. The summed E-state index contributed by atoms with van der Waals surface area (Å²) in [5.41, 5.74) is 8.06. The van der Waals surface area contributed by atoms with Crippen molar-refractivity contribution in [2.75, 3.05) is 0 Å². The lowest BCUT2D eigenvalue weighted by Gasteiger charge is -2.29. The molecule has 0 radical (unpaired) electrons. The first-order valence-electron chi connectivity index (χ1n) is 9.31. The number of nitrogens with zero attached hydrogens (tertiary/aromatic N) is 1. The highest BCUT2D eigenvalue weighted by molar-refractivity contribution is 5.94. The summed E-state index contributed by atoms with van der Waals surface area (Å²) in [6.07, 6.45) is 2.66. The quantitative estimate of drug-likeness (QED) is 0.614. The van der Waals surface area contributed by atoms with Gasteiger partial charge in [-0.05, 0) is 61.1 Å². The van der Waals surface area contributed by atoms with Crippen LogP contribution in [-0.2, 0) is 6.42 Å². The zero-order valence-corrected chi connectivity index (χ0v) is 16.8. The SMILES string of the molecule is C/C=C(\N=C(CCc1cccc(F)c1)C(N)C(C)(C)C)c1cc(F)ccc1F. The first kappa shape index (κ1) is 21.9. The van der Waals surface area contributed by atoms with Gasteiger partial charge in [0.05, 0.1) is 5.70 Å². The molecule has 2 aromatic carbocycles. The summed E-state index contributed by atoms with van der Waals surface area (Å²) in [6, 6.07) is 9.25. The number of rotatable bonds is 6. The topological polar surface area (TPSA) is 38.4 Å². The molecule has 0 amide bonds. The second kappa shape index (κ2) is 9.20. The number of benzene rings is 2. The molecule has 150 valence electrons. The molecule has 0 aliphatic carbocycles. The van der Waals surface area contributed by atoms with E-state index in [1.54, 1.807) is 19.1 Å². The molecule has 0 spiro atoms. The maximum Gasteiger partial charge on any atom is 0.132 e. The van der Waals surface area contributed by atoms with Crippen LogP contribution in [0.15, 0.2) is 53.5 Å². The van der Waals surface area contributed by atoms with Crippen molar-refractivity contribution in [1.82, 2.24) is 0 Å². The third kappa shape index (κ3) is 5.80. The van der Waals surface area contributed by atoms with E-state index in [1.165, 1.54) is 12.1 Å². The van der Waals surface area contributed by atoms with E-state index in [1.807, 2.05) is 26.8 Å². The summed E-state index contributed by atoms with van der Waals surface area (Å²) in [7, 11) is 0. The van der Waals surface area contributed by atoms with Gasteiger partial charge in [0.25, 0.3) is 0 Å². The fourth-order valence-electron chi connectivity index (χ4n) is 2.87. The Balaban J connectivity index is 2.40. The van der Waals surface area contributed by atoms with Crippen molar-refractivity contribution >= 4 is 11.4 Å². The van der Waals surface area contributed by atoms with E-state index in [2.05, 4.69) is 4.99 Å². The maximum atomic E-state index is 14.2. The Morgan fingerprint density at radius 3 is 2.36 bits per heavy atom. The van der Waals surface area contributed by atoms with Gasteiger partial charge in [0, 0.05) is 17.3 Å². The van der Waals surface area contributed by atoms with Crippen molar-refractivity contribution in [2.24, 2.45) is 16.1 Å². The van der Waals surface area contributed by atoms with Crippen molar-refractivity contribution in [3.63, 3.8) is 0 Å². The highest BCUT2D eigenvalue weighted by Gasteiger charge is 2.26. The molecular weight excluding hydrogens is 361 g/mol. The molecule has 0 aliphatic heterocycles. The predicted octanol–water partition coefficient (Wildman–Crippen LogP) is 5.91. The minimum Gasteiger partial charge on any atom is -0.323 e. The summed E-state index contributed by atoms with van der Waals surface area (Å²) in [5, 5.41) is 0. The van der Waals surface area contributed by atoms with E-state index in [9.17, 15) is 13.2 Å². The molecule has 0 saturated carbocycles. The molecule has 0 bridgehead atoms. The second-order valence-electron chi connectivity index (χ2n) is 7.87. The van der Waals surface area contributed by atoms with Gasteiger partial charge < -0.3 is 5.73 Å². The van der Waals surface area contributed by atoms with Crippen LogP contribution in [0.1, 0.15) is 45.2 Å². The Morgan fingerprint density at radius 2 is 1.75 bits per heavy atom. The predicted molar refractivity (Wildman–Crippen MR) is 110 cm³/mol. The molecule has 2 aromatic rings. The second-order valence-corrected chi connectivity index (χ2v) is 7.87. The van der Waals surface area contributed by atoms with Crippen LogP contribution < -0.4 is 5.73 Å². The van der Waals surface area contributed by atoms with Crippen LogP contribution >= 0.6 is 0 Å². The zero-order chi connectivity index (χ0) is 20.9. The first-order chi connectivity index (χ1) is 13.1. The monoisotopic (exact) mass is 388 g/mol. The lowest BCUT2D eigenvalue weighted by molar-refractivity contribution is 0.379. The molecule has 0 fully saturated rings. The highest BCUT2D eigenvalue weighted by Crippen LogP contribution is 2.26. The first-order valence-corrected chi connectivity index (χ1v) is 9.31.